The fraction of sp³-hybridized carbons (Fsp3) is 0.188. The third-order valence-electron chi connectivity index (χ3n) is 3.22. The fourth-order valence-electron chi connectivity index (χ4n) is 2.17. The van der Waals surface area contributed by atoms with E-state index in [1.165, 1.54) is 0 Å². The first-order valence-electron chi connectivity index (χ1n) is 6.19. The van der Waals surface area contributed by atoms with Crippen molar-refractivity contribution in [3.8, 4) is 16.9 Å². The minimum atomic E-state index is 0.393. The van der Waals surface area contributed by atoms with Crippen molar-refractivity contribution in [1.29, 1.82) is 0 Å². The van der Waals surface area contributed by atoms with Crippen LogP contribution in [-0.4, -0.2) is 18.4 Å². The second-order valence-electron chi connectivity index (χ2n) is 4.39. The molecular weight excluding hydrogens is 274 g/mol. The highest BCUT2D eigenvalue weighted by Crippen LogP contribution is 2.39. The van der Waals surface area contributed by atoms with Gasteiger partial charge in [-0.2, -0.15) is 0 Å². The smallest absolute Gasteiger partial charge is 0.168 e. The van der Waals surface area contributed by atoms with Gasteiger partial charge in [-0.25, -0.2) is 0 Å². The third-order valence-corrected chi connectivity index (χ3v) is 3.61. The lowest BCUT2D eigenvalue weighted by Crippen LogP contribution is -1.98. The Morgan fingerprint density at radius 1 is 1.45 bits per heavy atom. The molecule has 0 aliphatic carbocycles. The number of pyridine rings is 1. The van der Waals surface area contributed by atoms with Gasteiger partial charge in [0.15, 0.2) is 6.29 Å². The van der Waals surface area contributed by atoms with Crippen LogP contribution < -0.4 is 4.74 Å². The van der Waals surface area contributed by atoms with E-state index in [1.54, 1.807) is 19.4 Å². The molecule has 0 atom stereocenters. The number of aromatic nitrogens is 1. The normalized spacial score (nSPS) is 10.4. The van der Waals surface area contributed by atoms with Crippen molar-refractivity contribution in [3.05, 3.63) is 53.2 Å². The highest BCUT2D eigenvalue weighted by Gasteiger charge is 2.16. The van der Waals surface area contributed by atoms with E-state index in [1.807, 2.05) is 19.1 Å². The predicted octanol–water partition coefficient (Wildman–Crippen LogP) is 3.91. The average Bonchev–Trinajstić information content (AvgIpc) is 2.49. The fourth-order valence-corrected chi connectivity index (χ4v) is 2.39. The minimum Gasteiger partial charge on any atom is -0.496 e. The summed E-state index contributed by atoms with van der Waals surface area (Å²) in [5.41, 5.74) is 4.01. The van der Waals surface area contributed by atoms with Gasteiger partial charge in [0, 0.05) is 22.3 Å². The monoisotopic (exact) mass is 288 g/mol. The maximum atomic E-state index is 10.7. The first kappa shape index (κ1) is 14.5. The minimum absolute atomic E-state index is 0.393. The van der Waals surface area contributed by atoms with Crippen molar-refractivity contribution < 1.29 is 9.53 Å². The molecule has 0 aliphatic rings. The molecule has 3 nitrogen and oxygen atoms in total. The van der Waals surface area contributed by atoms with E-state index in [2.05, 4.69) is 11.9 Å². The van der Waals surface area contributed by atoms with Crippen LogP contribution in [-0.2, 0) is 6.42 Å². The van der Waals surface area contributed by atoms with Crippen LogP contribution in [0.15, 0.2) is 24.4 Å². The van der Waals surface area contributed by atoms with Gasteiger partial charge in [-0.15, -0.1) is 0 Å². The van der Waals surface area contributed by atoms with E-state index < -0.39 is 0 Å². The maximum Gasteiger partial charge on any atom is 0.168 e. The summed E-state index contributed by atoms with van der Waals surface area (Å²) in [6.07, 6.45) is 2.95. The topological polar surface area (TPSA) is 39.2 Å². The Bertz CT molecular complexity index is 636. The summed E-state index contributed by atoms with van der Waals surface area (Å²) in [5, 5.41) is 0.666. The van der Waals surface area contributed by atoms with Crippen molar-refractivity contribution in [2.24, 2.45) is 0 Å². The zero-order chi connectivity index (χ0) is 14.7. The molecule has 1 aromatic heterocycles. The molecule has 1 aromatic carbocycles. The van der Waals surface area contributed by atoms with E-state index in [4.69, 9.17) is 16.3 Å². The number of ether oxygens (including phenoxy) is 1. The van der Waals surface area contributed by atoms with Gasteiger partial charge in [0.05, 0.1) is 7.11 Å². The summed E-state index contributed by atoms with van der Waals surface area (Å²) in [5.74, 6) is 0.752. The van der Waals surface area contributed by atoms with E-state index in [-0.39, 0.29) is 0 Å². The van der Waals surface area contributed by atoms with Crippen LogP contribution in [0.25, 0.3) is 11.1 Å². The van der Waals surface area contributed by atoms with Gasteiger partial charge in [-0.05, 0) is 43.5 Å². The molecule has 103 valence electrons. The molecule has 0 N–H and O–H groups in total. The SMILES string of the molecule is [CH2]Cc1cc(Cl)c(C)c(-c2ccc(C=O)nc2)c1OC. The first-order valence-corrected chi connectivity index (χ1v) is 6.57. The largest absolute Gasteiger partial charge is 0.496 e. The molecule has 2 aromatic rings. The van der Waals surface area contributed by atoms with Crippen molar-refractivity contribution in [3.63, 3.8) is 0 Å². The van der Waals surface area contributed by atoms with Crippen LogP contribution in [0.5, 0.6) is 5.75 Å². The highest BCUT2D eigenvalue weighted by atomic mass is 35.5. The lowest BCUT2D eigenvalue weighted by Gasteiger charge is -2.17. The van der Waals surface area contributed by atoms with Crippen LogP contribution in [0.2, 0.25) is 5.02 Å². The third kappa shape index (κ3) is 2.54. The van der Waals surface area contributed by atoms with Crippen LogP contribution in [0, 0.1) is 13.8 Å². The van der Waals surface area contributed by atoms with Crippen molar-refractivity contribution in [1.82, 2.24) is 4.98 Å². The van der Waals surface area contributed by atoms with Crippen molar-refractivity contribution in [2.75, 3.05) is 7.11 Å². The molecule has 0 amide bonds. The summed E-state index contributed by atoms with van der Waals surface area (Å²) in [6.45, 7) is 5.83. The Morgan fingerprint density at radius 3 is 2.70 bits per heavy atom. The molecule has 1 radical (unpaired) electrons. The summed E-state index contributed by atoms with van der Waals surface area (Å²) >= 11 is 6.28. The number of benzene rings is 1. The predicted molar refractivity (Wildman–Crippen MR) is 80.4 cm³/mol. The molecule has 0 bridgehead atoms. The molecule has 1 heterocycles. The summed E-state index contributed by atoms with van der Waals surface area (Å²) in [6, 6.07) is 5.39. The van der Waals surface area contributed by atoms with E-state index >= 15 is 0 Å². The summed E-state index contributed by atoms with van der Waals surface area (Å²) in [7, 11) is 1.62. The number of carbonyl (C=O) groups excluding carboxylic acids is 1. The average molecular weight is 289 g/mol. The molecule has 0 saturated heterocycles. The number of hydrogen-bond acceptors (Lipinski definition) is 3. The number of halogens is 1. The molecule has 0 fully saturated rings. The van der Waals surface area contributed by atoms with Crippen LogP contribution in [0.1, 0.15) is 21.6 Å². The zero-order valence-corrected chi connectivity index (χ0v) is 12.2. The first-order chi connectivity index (χ1) is 9.62. The van der Waals surface area contributed by atoms with Crippen LogP contribution in [0.3, 0.4) is 0 Å². The van der Waals surface area contributed by atoms with Crippen LogP contribution >= 0.6 is 11.6 Å². The lowest BCUT2D eigenvalue weighted by atomic mass is 9.96. The molecule has 0 saturated carbocycles. The lowest BCUT2D eigenvalue weighted by molar-refractivity contribution is 0.111. The van der Waals surface area contributed by atoms with Gasteiger partial charge in [-0.1, -0.05) is 17.7 Å². The van der Waals surface area contributed by atoms with Gasteiger partial charge in [0.2, 0.25) is 0 Å². The molecule has 4 heteroatoms. The van der Waals surface area contributed by atoms with Crippen molar-refractivity contribution in [2.45, 2.75) is 13.3 Å². The van der Waals surface area contributed by atoms with Gasteiger partial charge in [-0.3, -0.25) is 9.78 Å². The molecule has 20 heavy (non-hydrogen) atoms. The molecule has 0 unspecified atom stereocenters. The molecule has 0 aliphatic heterocycles. The van der Waals surface area contributed by atoms with Crippen molar-refractivity contribution >= 4 is 17.9 Å². The number of methoxy groups -OCH3 is 1. The Hall–Kier alpha value is -1.87. The number of rotatable bonds is 4. The Labute approximate surface area is 123 Å². The molecular formula is C16H15ClNO2. The molecule has 0 spiro atoms. The number of hydrogen-bond donors (Lipinski definition) is 0. The Morgan fingerprint density at radius 2 is 2.20 bits per heavy atom. The second kappa shape index (κ2) is 6.06. The van der Waals surface area contributed by atoms with Gasteiger partial charge in [0.25, 0.3) is 0 Å². The molecule has 2 rings (SSSR count). The number of carbonyl (C=O) groups is 1. The van der Waals surface area contributed by atoms with Gasteiger partial charge in [0.1, 0.15) is 11.4 Å². The second-order valence-corrected chi connectivity index (χ2v) is 4.80. The van der Waals surface area contributed by atoms with Crippen LogP contribution in [0.4, 0.5) is 0 Å². The number of nitrogens with zero attached hydrogens (tertiary/aromatic N) is 1. The van der Waals surface area contributed by atoms with E-state index in [0.717, 1.165) is 28.0 Å². The van der Waals surface area contributed by atoms with Gasteiger partial charge < -0.3 is 4.74 Å². The zero-order valence-electron chi connectivity index (χ0n) is 11.4. The van der Waals surface area contributed by atoms with E-state index in [0.29, 0.717) is 23.4 Å². The highest BCUT2D eigenvalue weighted by molar-refractivity contribution is 6.32. The quantitative estimate of drug-likeness (QED) is 0.801. The Kier molecular flexibility index (Phi) is 4.40. The summed E-state index contributed by atoms with van der Waals surface area (Å²) in [4.78, 5) is 14.8. The Balaban J connectivity index is 2.69. The number of aldehydes is 1. The van der Waals surface area contributed by atoms with E-state index in [9.17, 15) is 4.79 Å². The maximum absolute atomic E-state index is 10.7. The van der Waals surface area contributed by atoms with Gasteiger partial charge >= 0.3 is 0 Å². The standard InChI is InChI=1S/C16H15ClNO2/c1-4-11-7-14(17)10(2)15(16(11)20-3)12-5-6-13(9-19)18-8-12/h5-9H,1,4H2,2-3H3. The summed E-state index contributed by atoms with van der Waals surface area (Å²) < 4.78 is 5.52.